The standard InChI is InChI=1S/C17H27N3O2/c1-11(2)16(18)13-6-7-15-14(10-13)20(9-8-19(4)5)17(21)12(3)22-15/h6-7,10-12,16H,8-9,18H2,1-5H3. The van der Waals surface area contributed by atoms with Gasteiger partial charge < -0.3 is 20.3 Å². The Kier molecular flexibility index (Phi) is 5.08. The summed E-state index contributed by atoms with van der Waals surface area (Å²) in [5.74, 6) is 1.10. The van der Waals surface area contributed by atoms with Gasteiger partial charge in [-0.15, -0.1) is 0 Å². The van der Waals surface area contributed by atoms with Crippen molar-refractivity contribution >= 4 is 11.6 Å². The number of hydrogen-bond acceptors (Lipinski definition) is 4. The van der Waals surface area contributed by atoms with Crippen LogP contribution in [-0.4, -0.2) is 44.1 Å². The lowest BCUT2D eigenvalue weighted by Crippen LogP contribution is -2.47. The van der Waals surface area contributed by atoms with Gasteiger partial charge in [0.15, 0.2) is 6.10 Å². The molecule has 1 amide bonds. The second-order valence-electron chi connectivity index (χ2n) is 6.55. The Hall–Kier alpha value is -1.59. The summed E-state index contributed by atoms with van der Waals surface area (Å²) in [6.45, 7) is 7.43. The molecule has 1 aromatic rings. The van der Waals surface area contributed by atoms with Crippen LogP contribution in [0.5, 0.6) is 5.75 Å². The lowest BCUT2D eigenvalue weighted by Gasteiger charge is -2.34. The number of amides is 1. The highest BCUT2D eigenvalue weighted by Gasteiger charge is 2.31. The number of ether oxygens (including phenoxy) is 1. The molecule has 1 aromatic carbocycles. The molecular formula is C17H27N3O2. The minimum Gasteiger partial charge on any atom is -0.479 e. The Morgan fingerprint density at radius 3 is 2.64 bits per heavy atom. The van der Waals surface area contributed by atoms with E-state index in [9.17, 15) is 4.79 Å². The third-order valence-corrected chi connectivity index (χ3v) is 4.07. The second kappa shape index (κ2) is 6.67. The van der Waals surface area contributed by atoms with Gasteiger partial charge in [-0.05, 0) is 44.6 Å². The summed E-state index contributed by atoms with van der Waals surface area (Å²) >= 11 is 0. The molecule has 2 unspecified atom stereocenters. The van der Waals surface area contributed by atoms with Crippen LogP contribution in [0.25, 0.3) is 0 Å². The average molecular weight is 305 g/mol. The number of anilines is 1. The quantitative estimate of drug-likeness (QED) is 0.904. The lowest BCUT2D eigenvalue weighted by atomic mass is 9.96. The molecule has 1 aliphatic heterocycles. The van der Waals surface area contributed by atoms with Crippen LogP contribution in [0, 0.1) is 5.92 Å². The van der Waals surface area contributed by atoms with E-state index in [0.717, 1.165) is 23.5 Å². The predicted molar refractivity (Wildman–Crippen MR) is 89.2 cm³/mol. The highest BCUT2D eigenvalue weighted by atomic mass is 16.5. The van der Waals surface area contributed by atoms with Gasteiger partial charge in [0.05, 0.1) is 5.69 Å². The van der Waals surface area contributed by atoms with Gasteiger partial charge in [-0.25, -0.2) is 0 Å². The molecule has 5 nitrogen and oxygen atoms in total. The van der Waals surface area contributed by atoms with E-state index in [1.54, 1.807) is 6.92 Å². The molecule has 0 saturated carbocycles. The maximum Gasteiger partial charge on any atom is 0.267 e. The molecular weight excluding hydrogens is 278 g/mol. The number of hydrogen-bond donors (Lipinski definition) is 1. The van der Waals surface area contributed by atoms with E-state index in [0.29, 0.717) is 12.5 Å². The fourth-order valence-electron chi connectivity index (χ4n) is 2.55. The molecule has 0 saturated heterocycles. The molecule has 1 heterocycles. The monoisotopic (exact) mass is 305 g/mol. The number of carbonyl (C=O) groups excluding carboxylic acids is 1. The minimum atomic E-state index is -0.445. The first-order valence-electron chi connectivity index (χ1n) is 7.83. The topological polar surface area (TPSA) is 58.8 Å². The van der Waals surface area contributed by atoms with Crippen LogP contribution in [0.2, 0.25) is 0 Å². The van der Waals surface area contributed by atoms with Gasteiger partial charge in [-0.2, -0.15) is 0 Å². The van der Waals surface area contributed by atoms with E-state index in [4.69, 9.17) is 10.5 Å². The van der Waals surface area contributed by atoms with Crippen molar-refractivity contribution in [2.75, 3.05) is 32.1 Å². The van der Waals surface area contributed by atoms with Gasteiger partial charge in [0.2, 0.25) is 0 Å². The first-order chi connectivity index (χ1) is 10.3. The number of carbonyl (C=O) groups is 1. The Balaban J connectivity index is 2.36. The van der Waals surface area contributed by atoms with Crippen molar-refractivity contribution in [3.63, 3.8) is 0 Å². The maximum absolute atomic E-state index is 12.5. The average Bonchev–Trinajstić information content (AvgIpc) is 2.46. The summed E-state index contributed by atoms with van der Waals surface area (Å²) in [5, 5.41) is 0. The van der Waals surface area contributed by atoms with Crippen LogP contribution < -0.4 is 15.4 Å². The number of fused-ring (bicyclic) bond motifs is 1. The van der Waals surface area contributed by atoms with Crippen LogP contribution >= 0.6 is 0 Å². The first kappa shape index (κ1) is 16.8. The summed E-state index contributed by atoms with van der Waals surface area (Å²) in [6, 6.07) is 5.88. The molecule has 122 valence electrons. The molecule has 5 heteroatoms. The molecule has 22 heavy (non-hydrogen) atoms. The zero-order valence-electron chi connectivity index (χ0n) is 14.2. The Bertz CT molecular complexity index is 543. The van der Waals surface area contributed by atoms with Gasteiger partial charge in [0.1, 0.15) is 5.75 Å². The van der Waals surface area contributed by atoms with Crippen molar-refractivity contribution < 1.29 is 9.53 Å². The largest absolute Gasteiger partial charge is 0.479 e. The lowest BCUT2D eigenvalue weighted by molar-refractivity contribution is -0.125. The van der Waals surface area contributed by atoms with Crippen LogP contribution in [-0.2, 0) is 4.79 Å². The Labute approximate surface area is 133 Å². The molecule has 2 atom stereocenters. The molecule has 0 radical (unpaired) electrons. The van der Waals surface area contributed by atoms with Crippen molar-refractivity contribution in [1.82, 2.24) is 4.90 Å². The number of nitrogens with two attached hydrogens (primary N) is 1. The predicted octanol–water partition coefficient (Wildman–Crippen LogP) is 2.02. The van der Waals surface area contributed by atoms with Crippen molar-refractivity contribution in [3.8, 4) is 5.75 Å². The fourth-order valence-corrected chi connectivity index (χ4v) is 2.55. The Morgan fingerprint density at radius 1 is 1.36 bits per heavy atom. The highest BCUT2D eigenvalue weighted by molar-refractivity contribution is 5.99. The van der Waals surface area contributed by atoms with E-state index in [2.05, 4.69) is 18.7 Å². The van der Waals surface area contributed by atoms with Crippen molar-refractivity contribution in [3.05, 3.63) is 23.8 Å². The summed E-state index contributed by atoms with van der Waals surface area (Å²) < 4.78 is 5.73. The summed E-state index contributed by atoms with van der Waals surface area (Å²) in [4.78, 5) is 16.4. The number of likely N-dealkylation sites (N-methyl/N-ethyl adjacent to an activating group) is 1. The molecule has 2 N–H and O–H groups in total. The zero-order valence-corrected chi connectivity index (χ0v) is 14.2. The summed E-state index contributed by atoms with van der Waals surface area (Å²) in [7, 11) is 4.00. The van der Waals surface area contributed by atoms with E-state index >= 15 is 0 Å². The van der Waals surface area contributed by atoms with Crippen LogP contribution in [0.4, 0.5) is 5.69 Å². The van der Waals surface area contributed by atoms with Crippen molar-refractivity contribution in [2.45, 2.75) is 32.9 Å². The number of benzene rings is 1. The van der Waals surface area contributed by atoms with E-state index < -0.39 is 6.10 Å². The van der Waals surface area contributed by atoms with Crippen LogP contribution in [0.1, 0.15) is 32.4 Å². The Morgan fingerprint density at radius 2 is 2.05 bits per heavy atom. The second-order valence-corrected chi connectivity index (χ2v) is 6.55. The van der Waals surface area contributed by atoms with E-state index in [-0.39, 0.29) is 11.9 Å². The van der Waals surface area contributed by atoms with E-state index in [1.165, 1.54) is 0 Å². The molecule has 2 rings (SSSR count). The summed E-state index contributed by atoms with van der Waals surface area (Å²) in [5.41, 5.74) is 8.12. The molecule has 1 aliphatic rings. The van der Waals surface area contributed by atoms with Gasteiger partial charge >= 0.3 is 0 Å². The van der Waals surface area contributed by atoms with Gasteiger partial charge in [0, 0.05) is 19.1 Å². The molecule has 0 bridgehead atoms. The third kappa shape index (κ3) is 3.42. The molecule has 0 aromatic heterocycles. The van der Waals surface area contributed by atoms with Gasteiger partial charge in [-0.1, -0.05) is 19.9 Å². The minimum absolute atomic E-state index is 0.00428. The van der Waals surface area contributed by atoms with Gasteiger partial charge in [-0.3, -0.25) is 4.79 Å². The first-order valence-corrected chi connectivity index (χ1v) is 7.83. The molecule has 0 spiro atoms. The van der Waals surface area contributed by atoms with Crippen LogP contribution in [0.15, 0.2) is 18.2 Å². The number of nitrogens with zero attached hydrogens (tertiary/aromatic N) is 2. The smallest absolute Gasteiger partial charge is 0.267 e. The SMILES string of the molecule is CC1Oc2ccc(C(N)C(C)C)cc2N(CCN(C)C)C1=O. The highest BCUT2D eigenvalue weighted by Crippen LogP contribution is 2.36. The van der Waals surface area contributed by atoms with Crippen molar-refractivity contribution in [2.24, 2.45) is 11.7 Å². The molecule has 0 aliphatic carbocycles. The molecule has 0 fully saturated rings. The maximum atomic E-state index is 12.5. The van der Waals surface area contributed by atoms with Gasteiger partial charge in [0.25, 0.3) is 5.91 Å². The number of rotatable bonds is 5. The normalized spacial score (nSPS) is 19.4. The fraction of sp³-hybridized carbons (Fsp3) is 0.588. The zero-order chi connectivity index (χ0) is 16.4. The van der Waals surface area contributed by atoms with Crippen LogP contribution in [0.3, 0.4) is 0 Å². The van der Waals surface area contributed by atoms with Crippen molar-refractivity contribution in [1.29, 1.82) is 0 Å². The summed E-state index contributed by atoms with van der Waals surface area (Å²) in [6.07, 6.45) is -0.445. The third-order valence-electron chi connectivity index (χ3n) is 4.07. The van der Waals surface area contributed by atoms with E-state index in [1.807, 2.05) is 37.2 Å².